The van der Waals surface area contributed by atoms with Gasteiger partial charge in [0.05, 0.1) is 5.92 Å². The molecule has 0 aliphatic carbocycles. The third-order valence-electron chi connectivity index (χ3n) is 6.34. The number of hydrogen-bond donors (Lipinski definition) is 1. The molecule has 3 aromatic rings. The summed E-state index contributed by atoms with van der Waals surface area (Å²) in [5.74, 6) is -0.725. The first kappa shape index (κ1) is 22.7. The molecular weight excluding hydrogens is 415 g/mol. The van der Waals surface area contributed by atoms with Crippen LogP contribution in [0.1, 0.15) is 39.4 Å². The Labute approximate surface area is 194 Å². The predicted molar refractivity (Wildman–Crippen MR) is 127 cm³/mol. The number of carbonyl (C=O) groups is 2. The molecule has 1 aliphatic heterocycles. The maximum absolute atomic E-state index is 13.8. The minimum absolute atomic E-state index is 0.0319. The number of amides is 2. The fourth-order valence-corrected chi connectivity index (χ4v) is 4.50. The van der Waals surface area contributed by atoms with E-state index in [0.717, 1.165) is 12.0 Å². The van der Waals surface area contributed by atoms with Crippen molar-refractivity contribution in [3.63, 3.8) is 0 Å². The minimum Gasteiger partial charge on any atom is -0.355 e. The first-order chi connectivity index (χ1) is 16.0. The molecule has 1 aliphatic rings. The zero-order chi connectivity index (χ0) is 23.2. The maximum atomic E-state index is 13.8. The molecule has 1 N–H and O–H groups in total. The number of rotatable bonds is 6. The van der Waals surface area contributed by atoms with E-state index in [9.17, 15) is 14.0 Å². The maximum Gasteiger partial charge on any atom is 0.253 e. The van der Waals surface area contributed by atoms with Gasteiger partial charge in [-0.05, 0) is 54.7 Å². The van der Waals surface area contributed by atoms with Crippen molar-refractivity contribution < 1.29 is 14.0 Å². The third-order valence-corrected chi connectivity index (χ3v) is 6.34. The summed E-state index contributed by atoms with van der Waals surface area (Å²) in [7, 11) is 0. The molecule has 2 atom stereocenters. The van der Waals surface area contributed by atoms with E-state index in [2.05, 4.69) is 5.32 Å². The van der Waals surface area contributed by atoms with Crippen LogP contribution < -0.4 is 5.32 Å². The Balaban J connectivity index is 1.50. The van der Waals surface area contributed by atoms with Crippen LogP contribution in [0.5, 0.6) is 0 Å². The number of nitrogens with one attached hydrogen (secondary N) is 1. The third kappa shape index (κ3) is 5.67. The zero-order valence-corrected chi connectivity index (χ0v) is 18.8. The summed E-state index contributed by atoms with van der Waals surface area (Å²) in [5, 5.41) is 3.06. The van der Waals surface area contributed by atoms with Gasteiger partial charge >= 0.3 is 0 Å². The molecule has 0 spiro atoms. The van der Waals surface area contributed by atoms with E-state index >= 15 is 0 Å². The minimum atomic E-state index is -0.322. The van der Waals surface area contributed by atoms with Crippen molar-refractivity contribution in [2.24, 2.45) is 5.92 Å². The average Bonchev–Trinajstić information content (AvgIpc) is 2.86. The Hall–Kier alpha value is -3.47. The number of likely N-dealkylation sites (tertiary alicyclic amines) is 1. The largest absolute Gasteiger partial charge is 0.355 e. The van der Waals surface area contributed by atoms with Gasteiger partial charge in [-0.25, -0.2) is 4.39 Å². The van der Waals surface area contributed by atoms with E-state index in [1.807, 2.05) is 54.6 Å². The Kier molecular flexibility index (Phi) is 7.18. The van der Waals surface area contributed by atoms with Crippen LogP contribution >= 0.6 is 0 Å². The molecule has 4 nitrogen and oxygen atoms in total. The Bertz CT molecular complexity index is 1100. The molecule has 0 aromatic heterocycles. The van der Waals surface area contributed by atoms with Crippen LogP contribution in [0.3, 0.4) is 0 Å². The molecule has 33 heavy (non-hydrogen) atoms. The lowest BCUT2D eigenvalue weighted by molar-refractivity contribution is -0.126. The first-order valence-corrected chi connectivity index (χ1v) is 11.4. The topological polar surface area (TPSA) is 49.4 Å². The normalized spacial score (nSPS) is 18.1. The van der Waals surface area contributed by atoms with Gasteiger partial charge in [0, 0.05) is 31.1 Å². The number of nitrogens with zero attached hydrogens (tertiary/aromatic N) is 1. The predicted octanol–water partition coefficient (Wildman–Crippen LogP) is 4.74. The lowest BCUT2D eigenvalue weighted by Crippen LogP contribution is -2.48. The highest BCUT2D eigenvalue weighted by molar-refractivity contribution is 5.94. The van der Waals surface area contributed by atoms with Crippen LogP contribution in [-0.2, 0) is 11.2 Å². The van der Waals surface area contributed by atoms with E-state index < -0.39 is 0 Å². The van der Waals surface area contributed by atoms with Gasteiger partial charge in [-0.15, -0.1) is 0 Å². The van der Waals surface area contributed by atoms with Gasteiger partial charge in [0.15, 0.2) is 0 Å². The van der Waals surface area contributed by atoms with Crippen molar-refractivity contribution in [1.29, 1.82) is 0 Å². The van der Waals surface area contributed by atoms with Crippen molar-refractivity contribution in [3.05, 3.63) is 107 Å². The van der Waals surface area contributed by atoms with Crippen molar-refractivity contribution >= 4 is 11.8 Å². The second-order valence-electron chi connectivity index (χ2n) is 8.74. The lowest BCUT2D eigenvalue weighted by atomic mass is 9.83. The lowest BCUT2D eigenvalue weighted by Gasteiger charge is -2.37. The quantitative estimate of drug-likeness (QED) is 0.597. The van der Waals surface area contributed by atoms with E-state index in [1.54, 1.807) is 30.0 Å². The summed E-state index contributed by atoms with van der Waals surface area (Å²) in [6.45, 7) is 3.17. The number of hydrogen-bond acceptors (Lipinski definition) is 2. The molecule has 3 aromatic carbocycles. The summed E-state index contributed by atoms with van der Waals surface area (Å²) in [4.78, 5) is 28.0. The summed E-state index contributed by atoms with van der Waals surface area (Å²) >= 11 is 0. The van der Waals surface area contributed by atoms with Crippen LogP contribution in [0, 0.1) is 18.7 Å². The Morgan fingerprint density at radius 2 is 1.67 bits per heavy atom. The molecule has 1 fully saturated rings. The molecule has 170 valence electrons. The molecule has 0 bridgehead atoms. The summed E-state index contributed by atoms with van der Waals surface area (Å²) in [5.41, 5.74) is 3.31. The second-order valence-corrected chi connectivity index (χ2v) is 8.74. The van der Waals surface area contributed by atoms with Gasteiger partial charge in [-0.1, -0.05) is 60.7 Å². The molecule has 5 heteroatoms. The number of carbonyl (C=O) groups excluding carboxylic acids is 2. The van der Waals surface area contributed by atoms with Crippen molar-refractivity contribution in [3.8, 4) is 0 Å². The highest BCUT2D eigenvalue weighted by Crippen LogP contribution is 2.32. The van der Waals surface area contributed by atoms with Gasteiger partial charge in [-0.2, -0.15) is 0 Å². The van der Waals surface area contributed by atoms with Crippen LogP contribution in [0.15, 0.2) is 78.9 Å². The monoisotopic (exact) mass is 444 g/mol. The molecule has 1 saturated heterocycles. The summed E-state index contributed by atoms with van der Waals surface area (Å²) in [6, 6.07) is 24.2. The van der Waals surface area contributed by atoms with Crippen molar-refractivity contribution in [2.45, 2.75) is 25.7 Å². The smallest absolute Gasteiger partial charge is 0.253 e. The SMILES string of the molecule is Cc1cc([C@H]2C[C@@H](C(=O)NCCc3ccccc3)CN(C(=O)c3ccccc3)C2)ccc1F. The molecule has 2 amide bonds. The molecular formula is C28H29FN2O2. The van der Waals surface area contributed by atoms with Gasteiger partial charge in [0.1, 0.15) is 5.82 Å². The van der Waals surface area contributed by atoms with E-state index in [1.165, 1.54) is 11.6 Å². The molecule has 0 radical (unpaired) electrons. The number of aryl methyl sites for hydroxylation is 1. The summed E-state index contributed by atoms with van der Waals surface area (Å²) < 4.78 is 13.8. The number of benzene rings is 3. The molecule has 0 saturated carbocycles. The highest BCUT2D eigenvalue weighted by atomic mass is 19.1. The van der Waals surface area contributed by atoms with E-state index in [-0.39, 0.29) is 29.5 Å². The van der Waals surface area contributed by atoms with Gasteiger partial charge in [-0.3, -0.25) is 9.59 Å². The fraction of sp³-hybridized carbons (Fsp3) is 0.286. The number of piperidine rings is 1. The summed E-state index contributed by atoms with van der Waals surface area (Å²) in [6.07, 6.45) is 1.38. The molecule has 4 rings (SSSR count). The van der Waals surface area contributed by atoms with Crippen LogP contribution in [0.25, 0.3) is 0 Å². The highest BCUT2D eigenvalue weighted by Gasteiger charge is 2.35. The zero-order valence-electron chi connectivity index (χ0n) is 18.8. The number of halogens is 1. The van der Waals surface area contributed by atoms with Gasteiger partial charge in [0.25, 0.3) is 5.91 Å². The molecule has 0 unspecified atom stereocenters. The Morgan fingerprint density at radius 1 is 0.970 bits per heavy atom. The van der Waals surface area contributed by atoms with E-state index in [4.69, 9.17) is 0 Å². The van der Waals surface area contributed by atoms with E-state index in [0.29, 0.717) is 37.2 Å². The van der Waals surface area contributed by atoms with Crippen LogP contribution in [0.4, 0.5) is 4.39 Å². The Morgan fingerprint density at radius 3 is 2.36 bits per heavy atom. The first-order valence-electron chi connectivity index (χ1n) is 11.4. The van der Waals surface area contributed by atoms with Crippen molar-refractivity contribution in [1.82, 2.24) is 10.2 Å². The van der Waals surface area contributed by atoms with Crippen LogP contribution in [-0.4, -0.2) is 36.3 Å². The van der Waals surface area contributed by atoms with Crippen molar-refractivity contribution in [2.75, 3.05) is 19.6 Å². The molecule has 1 heterocycles. The average molecular weight is 445 g/mol. The fourth-order valence-electron chi connectivity index (χ4n) is 4.50. The van der Waals surface area contributed by atoms with Gasteiger partial charge < -0.3 is 10.2 Å². The standard InChI is InChI=1S/C28H29FN2O2/c1-20-16-23(12-13-26(20)29)24-17-25(27(32)30-15-14-21-8-4-2-5-9-21)19-31(18-24)28(33)22-10-6-3-7-11-22/h2-13,16,24-25H,14-15,17-19H2,1H3,(H,30,32)/t24-,25+/m0/s1. The van der Waals surface area contributed by atoms with Gasteiger partial charge in [0.2, 0.25) is 5.91 Å². The second kappa shape index (κ2) is 10.4. The van der Waals surface area contributed by atoms with Crippen LogP contribution in [0.2, 0.25) is 0 Å².